The fourth-order valence-electron chi connectivity index (χ4n) is 0.887. The Balaban J connectivity index is 3.99. The van der Waals surface area contributed by atoms with E-state index in [2.05, 4.69) is 4.85 Å². The molecule has 0 aromatic carbocycles. The zero-order valence-electron chi connectivity index (χ0n) is 7.83. The Hall–Kier alpha value is -1.04. The van der Waals surface area contributed by atoms with Gasteiger partial charge in [0.15, 0.2) is 0 Å². The number of hydrogen-bond donors (Lipinski definition) is 0. The van der Waals surface area contributed by atoms with Gasteiger partial charge in [-0.15, -0.1) is 0 Å². The van der Waals surface area contributed by atoms with Gasteiger partial charge in [0.2, 0.25) is 0 Å². The van der Waals surface area contributed by atoms with Crippen molar-refractivity contribution in [1.29, 1.82) is 0 Å². The second-order valence-electron chi connectivity index (χ2n) is 3.03. The second-order valence-corrected chi connectivity index (χ2v) is 3.03. The molecule has 0 fully saturated rings. The van der Waals surface area contributed by atoms with Gasteiger partial charge < -0.3 is 9.58 Å². The Morgan fingerprint density at radius 1 is 1.58 bits per heavy atom. The molecule has 0 saturated carbocycles. The standard InChI is InChI=1S/C9H15NO2/c1-5-12-9(11)8(10-4)6-7(2)3/h7-8H,5-6H2,1-3H3. The number of carbonyl (C=O) groups excluding carboxylic acids is 1. The Morgan fingerprint density at radius 2 is 2.17 bits per heavy atom. The molecule has 0 N–H and O–H groups in total. The van der Waals surface area contributed by atoms with Crippen LogP contribution >= 0.6 is 0 Å². The molecular weight excluding hydrogens is 154 g/mol. The third-order valence-corrected chi connectivity index (χ3v) is 1.41. The van der Waals surface area contributed by atoms with E-state index in [9.17, 15) is 4.79 Å². The first-order chi connectivity index (χ1) is 5.61. The largest absolute Gasteiger partial charge is 0.460 e. The third kappa shape index (κ3) is 3.97. The van der Waals surface area contributed by atoms with E-state index < -0.39 is 6.04 Å². The normalized spacial score (nSPS) is 12.2. The third-order valence-electron chi connectivity index (χ3n) is 1.41. The number of carbonyl (C=O) groups is 1. The molecule has 0 radical (unpaired) electrons. The molecule has 0 bridgehead atoms. The number of hydrogen-bond acceptors (Lipinski definition) is 2. The molecule has 68 valence electrons. The van der Waals surface area contributed by atoms with E-state index in [4.69, 9.17) is 11.3 Å². The zero-order chi connectivity index (χ0) is 9.56. The summed E-state index contributed by atoms with van der Waals surface area (Å²) in [6.45, 7) is 12.8. The predicted molar refractivity (Wildman–Crippen MR) is 46.5 cm³/mol. The van der Waals surface area contributed by atoms with Gasteiger partial charge in [-0.1, -0.05) is 13.8 Å². The van der Waals surface area contributed by atoms with Crippen molar-refractivity contribution in [3.63, 3.8) is 0 Å². The lowest BCUT2D eigenvalue weighted by Gasteiger charge is -2.06. The van der Waals surface area contributed by atoms with Crippen LogP contribution in [0.5, 0.6) is 0 Å². The fraction of sp³-hybridized carbons (Fsp3) is 0.778. The smallest absolute Gasteiger partial charge is 0.390 e. The number of nitrogens with zero attached hydrogens (tertiary/aromatic N) is 1. The lowest BCUT2D eigenvalue weighted by atomic mass is 10.0. The summed E-state index contributed by atoms with van der Waals surface area (Å²) in [5.74, 6) is -0.0327. The van der Waals surface area contributed by atoms with Crippen LogP contribution in [0.25, 0.3) is 4.85 Å². The van der Waals surface area contributed by atoms with Crippen LogP contribution in [0, 0.1) is 12.5 Å². The average Bonchev–Trinajstić information content (AvgIpc) is 2.00. The minimum atomic E-state index is -0.607. The summed E-state index contributed by atoms with van der Waals surface area (Å²) in [5, 5.41) is 0. The van der Waals surface area contributed by atoms with Crippen LogP contribution in [0.1, 0.15) is 27.2 Å². The van der Waals surface area contributed by atoms with Crippen LogP contribution < -0.4 is 0 Å². The van der Waals surface area contributed by atoms with Crippen LogP contribution in [-0.4, -0.2) is 18.6 Å². The molecule has 0 aliphatic heterocycles. The quantitative estimate of drug-likeness (QED) is 0.475. The van der Waals surface area contributed by atoms with Gasteiger partial charge in [-0.3, -0.25) is 0 Å². The number of ether oxygens (including phenoxy) is 1. The van der Waals surface area contributed by atoms with Gasteiger partial charge >= 0.3 is 12.0 Å². The molecule has 0 heterocycles. The molecule has 0 aliphatic rings. The van der Waals surface area contributed by atoms with E-state index in [0.717, 1.165) is 0 Å². The monoisotopic (exact) mass is 169 g/mol. The molecule has 1 unspecified atom stereocenters. The Morgan fingerprint density at radius 3 is 2.50 bits per heavy atom. The predicted octanol–water partition coefficient (Wildman–Crippen LogP) is 1.88. The van der Waals surface area contributed by atoms with E-state index in [1.54, 1.807) is 6.92 Å². The molecule has 0 aromatic heterocycles. The summed E-state index contributed by atoms with van der Waals surface area (Å²) in [6, 6.07) is -0.607. The maximum atomic E-state index is 11.1. The van der Waals surface area contributed by atoms with Crippen molar-refractivity contribution in [1.82, 2.24) is 0 Å². The van der Waals surface area contributed by atoms with Gasteiger partial charge in [0.1, 0.15) is 0 Å². The van der Waals surface area contributed by atoms with Gasteiger partial charge in [-0.2, -0.15) is 0 Å². The molecule has 0 aliphatic carbocycles. The van der Waals surface area contributed by atoms with E-state index in [1.165, 1.54) is 0 Å². The topological polar surface area (TPSA) is 30.7 Å². The van der Waals surface area contributed by atoms with Crippen LogP contribution in [0.2, 0.25) is 0 Å². The summed E-state index contributed by atoms with van der Waals surface area (Å²) in [5.41, 5.74) is 0. The van der Waals surface area contributed by atoms with Crippen LogP contribution in [0.4, 0.5) is 0 Å². The second kappa shape index (κ2) is 5.59. The number of rotatable bonds is 4. The molecule has 0 saturated heterocycles. The Kier molecular flexibility index (Phi) is 5.11. The van der Waals surface area contributed by atoms with Crippen LogP contribution in [0.15, 0.2) is 0 Å². The van der Waals surface area contributed by atoms with Crippen molar-refractivity contribution < 1.29 is 9.53 Å². The number of esters is 1. The lowest BCUT2D eigenvalue weighted by molar-refractivity contribution is -0.143. The molecule has 3 nitrogen and oxygen atoms in total. The minimum absolute atomic E-state index is 0.350. The summed E-state index contributed by atoms with van der Waals surface area (Å²) >= 11 is 0. The zero-order valence-corrected chi connectivity index (χ0v) is 7.83. The molecule has 12 heavy (non-hydrogen) atoms. The van der Waals surface area contributed by atoms with Crippen molar-refractivity contribution in [3.8, 4) is 0 Å². The summed E-state index contributed by atoms with van der Waals surface area (Å²) in [4.78, 5) is 14.3. The van der Waals surface area contributed by atoms with Gasteiger partial charge in [0, 0.05) is 6.42 Å². The van der Waals surface area contributed by atoms with Crippen molar-refractivity contribution in [2.75, 3.05) is 6.61 Å². The molecular formula is C9H15NO2. The fourth-order valence-corrected chi connectivity index (χ4v) is 0.887. The maximum absolute atomic E-state index is 11.1. The highest BCUT2D eigenvalue weighted by Crippen LogP contribution is 2.09. The SMILES string of the molecule is [C-]#[N+]C(CC(C)C)C(=O)OCC. The van der Waals surface area contributed by atoms with Crippen LogP contribution in [-0.2, 0) is 9.53 Å². The minimum Gasteiger partial charge on any atom is -0.460 e. The highest BCUT2D eigenvalue weighted by Gasteiger charge is 2.25. The van der Waals surface area contributed by atoms with E-state index in [0.29, 0.717) is 18.9 Å². The van der Waals surface area contributed by atoms with E-state index in [-0.39, 0.29) is 5.97 Å². The highest BCUT2D eigenvalue weighted by molar-refractivity contribution is 5.77. The molecule has 1 atom stereocenters. The first kappa shape index (κ1) is 11.0. The highest BCUT2D eigenvalue weighted by atomic mass is 16.5. The van der Waals surface area contributed by atoms with E-state index in [1.807, 2.05) is 13.8 Å². The maximum Gasteiger partial charge on any atom is 0.390 e. The molecule has 0 spiro atoms. The first-order valence-electron chi connectivity index (χ1n) is 4.15. The Labute approximate surface area is 73.5 Å². The van der Waals surface area contributed by atoms with E-state index >= 15 is 0 Å². The van der Waals surface area contributed by atoms with Crippen LogP contribution in [0.3, 0.4) is 0 Å². The van der Waals surface area contributed by atoms with Gasteiger partial charge in [0.05, 0.1) is 6.61 Å². The Bertz CT molecular complexity index is 181. The van der Waals surface area contributed by atoms with Crippen molar-refractivity contribution >= 4 is 5.97 Å². The van der Waals surface area contributed by atoms with Gasteiger partial charge in [0.25, 0.3) is 0 Å². The average molecular weight is 169 g/mol. The van der Waals surface area contributed by atoms with Crippen molar-refractivity contribution in [2.24, 2.45) is 5.92 Å². The first-order valence-corrected chi connectivity index (χ1v) is 4.15. The summed E-state index contributed by atoms with van der Waals surface area (Å²) < 4.78 is 4.74. The molecule has 0 aromatic rings. The van der Waals surface area contributed by atoms with Crippen molar-refractivity contribution in [3.05, 3.63) is 11.4 Å². The summed E-state index contributed by atoms with van der Waals surface area (Å²) in [7, 11) is 0. The van der Waals surface area contributed by atoms with Gasteiger partial charge in [-0.25, -0.2) is 11.4 Å². The lowest BCUT2D eigenvalue weighted by Crippen LogP contribution is -2.21. The molecule has 0 amide bonds. The molecule has 3 heteroatoms. The van der Waals surface area contributed by atoms with Gasteiger partial charge in [-0.05, 0) is 12.8 Å². The van der Waals surface area contributed by atoms with Crippen molar-refractivity contribution in [2.45, 2.75) is 33.2 Å². The molecule has 0 rings (SSSR count). The summed E-state index contributed by atoms with van der Waals surface area (Å²) in [6.07, 6.45) is 0.586.